The first kappa shape index (κ1) is 13.5. The summed E-state index contributed by atoms with van der Waals surface area (Å²) in [5.74, 6) is 0.291. The summed E-state index contributed by atoms with van der Waals surface area (Å²) in [5, 5.41) is 8.32. The van der Waals surface area contributed by atoms with Gasteiger partial charge < -0.3 is 4.90 Å². The van der Waals surface area contributed by atoms with E-state index in [1.165, 1.54) is 24.1 Å². The minimum Gasteiger partial charge on any atom is -0.324 e. The van der Waals surface area contributed by atoms with E-state index in [2.05, 4.69) is 15.5 Å². The predicted molar refractivity (Wildman–Crippen MR) is 68.7 cm³/mol. The summed E-state index contributed by atoms with van der Waals surface area (Å²) >= 11 is 0. The van der Waals surface area contributed by atoms with Gasteiger partial charge in [-0.2, -0.15) is 5.10 Å². The monoisotopic (exact) mass is 286 g/mol. The number of H-pyrrole nitrogens is 1. The Bertz CT molecular complexity index is 619. The lowest BCUT2D eigenvalue weighted by molar-refractivity contribution is 0.209. The number of amides is 2. The number of carbonyl (C=O) groups is 1. The third-order valence-corrected chi connectivity index (χ3v) is 4.74. The van der Waals surface area contributed by atoms with Crippen molar-refractivity contribution in [2.75, 3.05) is 23.9 Å². The molecule has 0 bridgehead atoms. The molecule has 8 nitrogen and oxygen atoms in total. The number of aromatic amines is 1. The van der Waals surface area contributed by atoms with Gasteiger partial charge in [-0.25, -0.2) is 18.3 Å². The molecule has 2 rings (SSSR count). The van der Waals surface area contributed by atoms with Gasteiger partial charge in [0.2, 0.25) is 0 Å². The molecule has 1 aliphatic heterocycles. The van der Waals surface area contributed by atoms with Crippen LogP contribution in [-0.2, 0) is 9.84 Å². The Morgan fingerprint density at radius 2 is 2.26 bits per heavy atom. The van der Waals surface area contributed by atoms with Crippen LogP contribution in [0, 0.1) is 0 Å². The molecule has 1 aromatic rings. The third-order valence-electron chi connectivity index (χ3n) is 2.99. The molecule has 0 radical (unpaired) electrons. The van der Waals surface area contributed by atoms with Crippen LogP contribution >= 0.6 is 0 Å². The maximum absolute atomic E-state index is 11.9. The fourth-order valence-electron chi connectivity index (χ4n) is 1.86. The molecule has 0 saturated carbocycles. The van der Waals surface area contributed by atoms with Crippen LogP contribution in [0.1, 0.15) is 6.42 Å². The molecule has 9 heteroatoms. The highest BCUT2D eigenvalue weighted by Crippen LogP contribution is 2.17. The molecule has 1 saturated heterocycles. The SMILES string of the molecule is CN(C(=O)Nc1ccc(=O)[nH]n1)C1CCS(=O)(=O)C1. The lowest BCUT2D eigenvalue weighted by Gasteiger charge is -2.23. The zero-order valence-electron chi connectivity index (χ0n) is 10.3. The summed E-state index contributed by atoms with van der Waals surface area (Å²) in [6.45, 7) is 0. The maximum Gasteiger partial charge on any atom is 0.323 e. The minimum absolute atomic E-state index is 0.0179. The van der Waals surface area contributed by atoms with Crippen LogP contribution < -0.4 is 10.9 Å². The molecule has 1 unspecified atom stereocenters. The van der Waals surface area contributed by atoms with E-state index in [4.69, 9.17) is 0 Å². The first-order chi connectivity index (χ1) is 8.87. The van der Waals surface area contributed by atoms with E-state index in [0.717, 1.165) is 0 Å². The van der Waals surface area contributed by atoms with Gasteiger partial charge >= 0.3 is 6.03 Å². The number of sulfone groups is 1. The normalized spacial score (nSPS) is 21.0. The number of hydrogen-bond acceptors (Lipinski definition) is 5. The molecule has 2 amide bonds. The molecule has 0 spiro atoms. The Morgan fingerprint density at radius 3 is 2.79 bits per heavy atom. The van der Waals surface area contributed by atoms with E-state index >= 15 is 0 Å². The van der Waals surface area contributed by atoms with Crippen LogP contribution in [0.4, 0.5) is 10.6 Å². The number of nitrogens with one attached hydrogen (secondary N) is 2. The van der Waals surface area contributed by atoms with E-state index < -0.39 is 15.9 Å². The van der Waals surface area contributed by atoms with E-state index in [1.807, 2.05) is 0 Å². The van der Waals surface area contributed by atoms with Crippen molar-refractivity contribution in [2.24, 2.45) is 0 Å². The Morgan fingerprint density at radius 1 is 1.53 bits per heavy atom. The molecule has 1 aliphatic rings. The summed E-state index contributed by atoms with van der Waals surface area (Å²) in [6, 6.07) is 1.83. The molecule has 2 heterocycles. The van der Waals surface area contributed by atoms with Gasteiger partial charge in [0, 0.05) is 19.2 Å². The Balaban J connectivity index is 2.00. The van der Waals surface area contributed by atoms with Crippen LogP contribution in [-0.4, -0.2) is 54.1 Å². The van der Waals surface area contributed by atoms with Crippen LogP contribution in [0.25, 0.3) is 0 Å². The Labute approximate surface area is 109 Å². The number of rotatable bonds is 2. The first-order valence-corrected chi connectivity index (χ1v) is 7.49. The second-order valence-electron chi connectivity index (χ2n) is 4.40. The molecule has 19 heavy (non-hydrogen) atoms. The molecule has 0 aliphatic carbocycles. The number of urea groups is 1. The number of nitrogens with zero attached hydrogens (tertiary/aromatic N) is 2. The zero-order valence-corrected chi connectivity index (χ0v) is 11.1. The molecule has 1 aromatic heterocycles. The largest absolute Gasteiger partial charge is 0.324 e. The lowest BCUT2D eigenvalue weighted by Crippen LogP contribution is -2.40. The Kier molecular flexibility index (Phi) is 3.56. The van der Waals surface area contributed by atoms with Gasteiger partial charge in [0.05, 0.1) is 11.5 Å². The second-order valence-corrected chi connectivity index (χ2v) is 6.63. The smallest absolute Gasteiger partial charge is 0.323 e. The van der Waals surface area contributed by atoms with Gasteiger partial charge in [-0.15, -0.1) is 0 Å². The van der Waals surface area contributed by atoms with Crippen molar-refractivity contribution in [2.45, 2.75) is 12.5 Å². The van der Waals surface area contributed by atoms with Crippen molar-refractivity contribution in [1.29, 1.82) is 0 Å². The molecular formula is C10H14N4O4S. The van der Waals surface area contributed by atoms with Crippen molar-refractivity contribution in [3.05, 3.63) is 22.5 Å². The summed E-state index contributed by atoms with van der Waals surface area (Å²) < 4.78 is 22.7. The molecule has 1 atom stereocenters. The molecule has 104 valence electrons. The number of carbonyl (C=O) groups excluding carboxylic acids is 1. The molecule has 1 fully saturated rings. The maximum atomic E-state index is 11.9. The summed E-state index contributed by atoms with van der Waals surface area (Å²) in [7, 11) is -1.50. The average molecular weight is 286 g/mol. The van der Waals surface area contributed by atoms with Crippen LogP contribution in [0.5, 0.6) is 0 Å². The molecular weight excluding hydrogens is 272 g/mol. The van der Waals surface area contributed by atoms with Crippen molar-refractivity contribution in [3.8, 4) is 0 Å². The number of hydrogen-bond donors (Lipinski definition) is 2. The fraction of sp³-hybridized carbons (Fsp3) is 0.500. The van der Waals surface area contributed by atoms with Gasteiger partial charge in [-0.05, 0) is 12.5 Å². The summed E-state index contributed by atoms with van der Waals surface area (Å²) in [5.41, 5.74) is -0.367. The van der Waals surface area contributed by atoms with E-state index in [-0.39, 0.29) is 28.9 Å². The van der Waals surface area contributed by atoms with Gasteiger partial charge in [0.1, 0.15) is 0 Å². The third kappa shape index (κ3) is 3.31. The zero-order chi connectivity index (χ0) is 14.0. The van der Waals surface area contributed by atoms with Crippen molar-refractivity contribution in [1.82, 2.24) is 15.1 Å². The van der Waals surface area contributed by atoms with Crippen molar-refractivity contribution in [3.63, 3.8) is 0 Å². The van der Waals surface area contributed by atoms with E-state index in [9.17, 15) is 18.0 Å². The van der Waals surface area contributed by atoms with Gasteiger partial charge in [0.15, 0.2) is 15.7 Å². The minimum atomic E-state index is -3.04. The highest BCUT2D eigenvalue weighted by molar-refractivity contribution is 7.91. The number of anilines is 1. The van der Waals surface area contributed by atoms with Crippen molar-refractivity contribution < 1.29 is 13.2 Å². The van der Waals surface area contributed by atoms with Crippen LogP contribution in [0.2, 0.25) is 0 Å². The molecule has 2 N–H and O–H groups in total. The van der Waals surface area contributed by atoms with Crippen molar-refractivity contribution >= 4 is 21.7 Å². The van der Waals surface area contributed by atoms with Gasteiger partial charge in [-0.1, -0.05) is 0 Å². The topological polar surface area (TPSA) is 112 Å². The summed E-state index contributed by atoms with van der Waals surface area (Å²) in [6.07, 6.45) is 0.436. The molecule has 0 aromatic carbocycles. The number of aromatic nitrogens is 2. The predicted octanol–water partition coefficient (Wildman–Crippen LogP) is -0.579. The highest BCUT2D eigenvalue weighted by Gasteiger charge is 2.32. The summed E-state index contributed by atoms with van der Waals surface area (Å²) in [4.78, 5) is 24.0. The second kappa shape index (κ2) is 5.00. The highest BCUT2D eigenvalue weighted by atomic mass is 32.2. The van der Waals surface area contributed by atoms with E-state index in [0.29, 0.717) is 6.42 Å². The Hall–Kier alpha value is -1.90. The van der Waals surface area contributed by atoms with Gasteiger partial charge in [-0.3, -0.25) is 10.1 Å². The average Bonchev–Trinajstić information content (AvgIpc) is 2.71. The first-order valence-electron chi connectivity index (χ1n) is 5.67. The lowest BCUT2D eigenvalue weighted by atomic mass is 10.2. The quantitative estimate of drug-likeness (QED) is 0.755. The van der Waals surface area contributed by atoms with E-state index in [1.54, 1.807) is 0 Å². The standard InChI is InChI=1S/C10H14N4O4S/c1-14(7-4-5-19(17,18)6-7)10(16)11-8-2-3-9(15)13-12-8/h2-3,7H,4-6H2,1H3,(H,13,15)(H,11,12,16). The fourth-order valence-corrected chi connectivity index (χ4v) is 3.63. The van der Waals surface area contributed by atoms with Crippen LogP contribution in [0.3, 0.4) is 0 Å². The van der Waals surface area contributed by atoms with Crippen LogP contribution in [0.15, 0.2) is 16.9 Å². The van der Waals surface area contributed by atoms with Gasteiger partial charge in [0.25, 0.3) is 5.56 Å².